The van der Waals surface area contributed by atoms with Crippen molar-refractivity contribution in [3.63, 3.8) is 0 Å². The van der Waals surface area contributed by atoms with Crippen molar-refractivity contribution in [2.45, 2.75) is 13.0 Å². The number of amides is 2. The summed E-state index contributed by atoms with van der Waals surface area (Å²) in [4.78, 5) is 25.7. The number of rotatable bonds is 5. The molecule has 1 saturated carbocycles. The molecule has 5 rings (SSSR count). The lowest BCUT2D eigenvalue weighted by Gasteiger charge is -2.14. The molecule has 4 atom stereocenters. The molecule has 1 heterocycles. The molecule has 2 fully saturated rings. The SMILES string of the molecule is O=C1[C@@H]2[C@H](C(=O)N1N=Cc1cc(Cl)cc(Br)c1OCc1ccc(Cl)cc1)[C@H]1C=C[C@H]2C1. The van der Waals surface area contributed by atoms with Gasteiger partial charge in [-0.15, -0.1) is 0 Å². The van der Waals surface area contributed by atoms with E-state index in [1.165, 1.54) is 6.21 Å². The number of benzene rings is 2. The summed E-state index contributed by atoms with van der Waals surface area (Å²) in [6, 6.07) is 10.7. The Labute approximate surface area is 197 Å². The Morgan fingerprint density at radius 3 is 2.32 bits per heavy atom. The molecule has 2 aromatic carbocycles. The molecular formula is C23H17BrCl2N2O3. The van der Waals surface area contributed by atoms with E-state index in [4.69, 9.17) is 27.9 Å². The van der Waals surface area contributed by atoms with Crippen LogP contribution in [0.4, 0.5) is 0 Å². The van der Waals surface area contributed by atoms with Crippen molar-refractivity contribution in [2.24, 2.45) is 28.8 Å². The van der Waals surface area contributed by atoms with Gasteiger partial charge in [-0.25, -0.2) is 0 Å². The van der Waals surface area contributed by atoms with Crippen molar-refractivity contribution < 1.29 is 14.3 Å². The second kappa shape index (κ2) is 8.08. The number of allylic oxidation sites excluding steroid dienone is 2. The van der Waals surface area contributed by atoms with Gasteiger partial charge in [-0.2, -0.15) is 10.1 Å². The number of halogens is 3. The highest BCUT2D eigenvalue weighted by molar-refractivity contribution is 9.10. The Kier molecular flexibility index (Phi) is 5.40. The van der Waals surface area contributed by atoms with E-state index >= 15 is 0 Å². The highest BCUT2D eigenvalue weighted by atomic mass is 79.9. The van der Waals surface area contributed by atoms with E-state index in [0.29, 0.717) is 32.4 Å². The molecule has 0 radical (unpaired) electrons. The van der Waals surface area contributed by atoms with Crippen LogP contribution in [0, 0.1) is 23.7 Å². The van der Waals surface area contributed by atoms with Gasteiger partial charge in [0.2, 0.25) is 0 Å². The third kappa shape index (κ3) is 3.71. The molecule has 8 heteroatoms. The fourth-order valence-electron chi connectivity index (χ4n) is 4.68. The molecule has 158 valence electrons. The van der Waals surface area contributed by atoms with Crippen molar-refractivity contribution in [3.8, 4) is 5.75 Å². The summed E-state index contributed by atoms with van der Waals surface area (Å²) in [6.45, 7) is 0.305. The van der Waals surface area contributed by atoms with Crippen LogP contribution in [-0.4, -0.2) is 23.0 Å². The second-order valence-corrected chi connectivity index (χ2v) is 9.68. The maximum absolute atomic E-state index is 12.8. The molecular weight excluding hydrogens is 503 g/mol. The summed E-state index contributed by atoms with van der Waals surface area (Å²) in [5.74, 6) is -0.224. The molecule has 5 nitrogen and oxygen atoms in total. The third-order valence-electron chi connectivity index (χ3n) is 6.09. The number of fused-ring (bicyclic) bond motifs is 5. The topological polar surface area (TPSA) is 59.0 Å². The van der Waals surface area contributed by atoms with Gasteiger partial charge in [0.25, 0.3) is 11.8 Å². The molecule has 2 aliphatic carbocycles. The van der Waals surface area contributed by atoms with E-state index < -0.39 is 0 Å². The van der Waals surface area contributed by atoms with Crippen LogP contribution in [0.5, 0.6) is 5.75 Å². The van der Waals surface area contributed by atoms with Gasteiger partial charge in [-0.3, -0.25) is 9.59 Å². The summed E-state index contributed by atoms with van der Waals surface area (Å²) < 4.78 is 6.65. The van der Waals surface area contributed by atoms with Gasteiger partial charge in [0.1, 0.15) is 12.4 Å². The number of hydrogen-bond acceptors (Lipinski definition) is 4. The minimum Gasteiger partial charge on any atom is -0.487 e. The zero-order valence-electron chi connectivity index (χ0n) is 16.2. The number of ether oxygens (including phenoxy) is 1. The Balaban J connectivity index is 1.39. The van der Waals surface area contributed by atoms with Crippen molar-refractivity contribution in [2.75, 3.05) is 0 Å². The fourth-order valence-corrected chi connectivity index (χ4v) is 5.76. The molecule has 3 aliphatic rings. The summed E-state index contributed by atoms with van der Waals surface area (Å²) in [5, 5.41) is 6.39. The lowest BCUT2D eigenvalue weighted by atomic mass is 9.85. The van der Waals surface area contributed by atoms with Gasteiger partial charge >= 0.3 is 0 Å². The molecule has 0 aromatic heterocycles. The molecule has 2 amide bonds. The summed E-state index contributed by atoms with van der Waals surface area (Å²) in [5.41, 5.74) is 1.50. The number of imide groups is 1. The molecule has 2 aromatic rings. The minimum atomic E-state index is -0.286. The van der Waals surface area contributed by atoms with Crippen LogP contribution in [0.2, 0.25) is 10.0 Å². The monoisotopic (exact) mass is 518 g/mol. The van der Waals surface area contributed by atoms with Crippen molar-refractivity contribution in [3.05, 3.63) is 74.2 Å². The van der Waals surface area contributed by atoms with E-state index in [-0.39, 0.29) is 35.5 Å². The van der Waals surface area contributed by atoms with Gasteiger partial charge in [-0.1, -0.05) is 47.5 Å². The zero-order chi connectivity index (χ0) is 21.7. The van der Waals surface area contributed by atoms with Crippen molar-refractivity contribution in [1.29, 1.82) is 0 Å². The number of nitrogens with zero attached hydrogens (tertiary/aromatic N) is 2. The minimum absolute atomic E-state index is 0.144. The summed E-state index contributed by atoms with van der Waals surface area (Å²) >= 11 is 15.6. The second-order valence-electron chi connectivity index (χ2n) is 7.95. The first-order valence-corrected chi connectivity index (χ1v) is 11.4. The Hall–Kier alpha value is -2.15. The van der Waals surface area contributed by atoms with Crippen LogP contribution in [0.25, 0.3) is 0 Å². The molecule has 2 bridgehead atoms. The van der Waals surface area contributed by atoms with Crippen molar-refractivity contribution >= 4 is 57.2 Å². The standard InChI is InChI=1S/C23H17BrCl2N2O3/c24-18-9-17(26)8-15(21(18)31-11-12-1-5-16(25)6-2-12)10-27-28-22(29)19-13-3-4-14(7-13)20(19)23(28)30/h1-6,8-10,13-14,19-20H,7,11H2/t13-,14-,19-,20+/m0/s1. The Morgan fingerprint density at radius 1 is 1.03 bits per heavy atom. The Bertz CT molecular complexity index is 1100. The number of carbonyl (C=O) groups is 2. The van der Waals surface area contributed by atoms with Crippen LogP contribution in [0.3, 0.4) is 0 Å². The van der Waals surface area contributed by atoms with Crippen LogP contribution in [0.1, 0.15) is 17.5 Å². The van der Waals surface area contributed by atoms with E-state index in [0.717, 1.165) is 17.0 Å². The first kappa shape index (κ1) is 20.7. The first-order chi connectivity index (χ1) is 14.9. The predicted octanol–water partition coefficient (Wildman–Crippen LogP) is 5.48. The number of hydrogen-bond donors (Lipinski definition) is 0. The lowest BCUT2D eigenvalue weighted by Crippen LogP contribution is -2.28. The maximum Gasteiger partial charge on any atom is 0.254 e. The molecule has 0 unspecified atom stereocenters. The fraction of sp³-hybridized carbons (Fsp3) is 0.261. The van der Waals surface area contributed by atoms with E-state index in [9.17, 15) is 9.59 Å². The number of carbonyl (C=O) groups excluding carboxylic acids is 2. The quantitative estimate of drug-likeness (QED) is 0.298. The predicted molar refractivity (Wildman–Crippen MR) is 122 cm³/mol. The molecule has 1 aliphatic heterocycles. The van der Waals surface area contributed by atoms with Gasteiger partial charge in [-0.05, 0) is 64.0 Å². The van der Waals surface area contributed by atoms with Gasteiger partial charge in [0.05, 0.1) is 22.5 Å². The number of hydrazone groups is 1. The lowest BCUT2D eigenvalue weighted by molar-refractivity contribution is -0.140. The maximum atomic E-state index is 12.8. The van der Waals surface area contributed by atoms with Gasteiger partial charge in [0.15, 0.2) is 0 Å². The van der Waals surface area contributed by atoms with Gasteiger partial charge in [0, 0.05) is 15.6 Å². The Morgan fingerprint density at radius 2 is 1.68 bits per heavy atom. The largest absolute Gasteiger partial charge is 0.487 e. The average Bonchev–Trinajstić information content (AvgIpc) is 3.41. The molecule has 0 spiro atoms. The van der Waals surface area contributed by atoms with Crippen LogP contribution in [0.15, 0.2) is 58.1 Å². The van der Waals surface area contributed by atoms with Crippen LogP contribution >= 0.6 is 39.1 Å². The van der Waals surface area contributed by atoms with Crippen molar-refractivity contribution in [1.82, 2.24) is 5.01 Å². The van der Waals surface area contributed by atoms with Gasteiger partial charge < -0.3 is 4.74 Å². The normalized spacial score (nSPS) is 26.4. The highest BCUT2D eigenvalue weighted by Crippen LogP contribution is 2.52. The summed E-state index contributed by atoms with van der Waals surface area (Å²) in [6.07, 6.45) is 6.45. The smallest absolute Gasteiger partial charge is 0.254 e. The average molecular weight is 520 g/mol. The first-order valence-electron chi connectivity index (χ1n) is 9.89. The third-order valence-corrected chi connectivity index (χ3v) is 7.15. The van der Waals surface area contributed by atoms with E-state index in [2.05, 4.69) is 33.2 Å². The summed E-state index contributed by atoms with van der Waals surface area (Å²) in [7, 11) is 0. The van der Waals surface area contributed by atoms with Crippen LogP contribution in [-0.2, 0) is 16.2 Å². The van der Waals surface area contributed by atoms with Crippen LogP contribution < -0.4 is 4.74 Å². The van der Waals surface area contributed by atoms with E-state index in [1.807, 2.05) is 12.1 Å². The zero-order valence-corrected chi connectivity index (χ0v) is 19.3. The molecule has 0 N–H and O–H groups in total. The van der Waals surface area contributed by atoms with E-state index in [1.54, 1.807) is 24.3 Å². The molecule has 1 saturated heterocycles. The highest BCUT2D eigenvalue weighted by Gasteiger charge is 2.59. The molecule has 31 heavy (non-hydrogen) atoms.